The van der Waals surface area contributed by atoms with Gasteiger partial charge in [-0.25, -0.2) is 13.4 Å². The maximum atomic E-state index is 12.1. The minimum Gasteiger partial charge on any atom is -0.262 e. The summed E-state index contributed by atoms with van der Waals surface area (Å²) in [6.07, 6.45) is 4.21. The fraction of sp³-hybridized carbons (Fsp3) is 0.0909. The normalized spacial score (nSPS) is 11.2. The molecular weight excluding hydrogens is 274 g/mol. The number of benzene rings is 1. The van der Waals surface area contributed by atoms with Crippen LogP contribution in [0, 0.1) is 6.92 Å². The first-order valence-corrected chi connectivity index (χ1v) is 6.90. The van der Waals surface area contributed by atoms with E-state index in [4.69, 9.17) is 11.6 Å². The Morgan fingerprint density at radius 3 is 2.67 bits per heavy atom. The molecule has 1 N–H and O–H groups in total. The average molecular weight is 284 g/mol. The van der Waals surface area contributed by atoms with Crippen LogP contribution in [-0.4, -0.2) is 18.4 Å². The van der Waals surface area contributed by atoms with Crippen molar-refractivity contribution in [1.82, 2.24) is 9.97 Å². The molecule has 0 radical (unpaired) electrons. The van der Waals surface area contributed by atoms with Gasteiger partial charge in [0, 0.05) is 17.4 Å². The molecule has 1 aromatic carbocycles. The summed E-state index contributed by atoms with van der Waals surface area (Å²) < 4.78 is 26.6. The van der Waals surface area contributed by atoms with Crippen LogP contribution >= 0.6 is 11.6 Å². The summed E-state index contributed by atoms with van der Waals surface area (Å²) in [5, 5.41) is 0.492. The molecule has 0 unspecified atom stereocenters. The predicted octanol–water partition coefficient (Wildman–Crippen LogP) is 2.24. The third-order valence-corrected chi connectivity index (χ3v) is 3.98. The molecule has 7 heteroatoms. The summed E-state index contributed by atoms with van der Waals surface area (Å²) in [6, 6.07) is 4.57. The van der Waals surface area contributed by atoms with Crippen LogP contribution in [0.15, 0.2) is 41.7 Å². The summed E-state index contributed by atoms with van der Waals surface area (Å²) in [5.74, 6) is 0.173. The number of nitrogens with zero attached hydrogens (tertiary/aromatic N) is 2. The van der Waals surface area contributed by atoms with E-state index in [0.29, 0.717) is 10.6 Å². The number of halogens is 1. The van der Waals surface area contributed by atoms with Gasteiger partial charge in [0.1, 0.15) is 0 Å². The molecule has 0 aliphatic heterocycles. The van der Waals surface area contributed by atoms with E-state index < -0.39 is 10.0 Å². The summed E-state index contributed by atoms with van der Waals surface area (Å²) in [6.45, 7) is 1.68. The summed E-state index contributed by atoms with van der Waals surface area (Å²) in [5.41, 5.74) is 0.568. The van der Waals surface area contributed by atoms with Gasteiger partial charge < -0.3 is 0 Å². The van der Waals surface area contributed by atoms with Crippen LogP contribution in [0.5, 0.6) is 0 Å². The number of sulfonamides is 1. The van der Waals surface area contributed by atoms with Gasteiger partial charge in [-0.15, -0.1) is 0 Å². The molecule has 0 bridgehead atoms. The van der Waals surface area contributed by atoms with Crippen molar-refractivity contribution in [3.05, 3.63) is 47.4 Å². The van der Waals surface area contributed by atoms with Crippen LogP contribution in [0.25, 0.3) is 0 Å². The number of hydrogen-bond acceptors (Lipinski definition) is 4. The molecule has 5 nitrogen and oxygen atoms in total. The molecule has 0 amide bonds. The quantitative estimate of drug-likeness (QED) is 0.938. The second-order valence-corrected chi connectivity index (χ2v) is 5.69. The zero-order chi connectivity index (χ0) is 13.2. The lowest BCUT2D eigenvalue weighted by Crippen LogP contribution is -2.15. The van der Waals surface area contributed by atoms with Crippen LogP contribution < -0.4 is 4.72 Å². The average Bonchev–Trinajstić information content (AvgIpc) is 2.29. The van der Waals surface area contributed by atoms with Gasteiger partial charge in [-0.1, -0.05) is 11.6 Å². The Kier molecular flexibility index (Phi) is 3.49. The van der Waals surface area contributed by atoms with Crippen molar-refractivity contribution in [2.24, 2.45) is 0 Å². The van der Waals surface area contributed by atoms with Crippen molar-refractivity contribution < 1.29 is 8.42 Å². The second kappa shape index (κ2) is 4.91. The van der Waals surface area contributed by atoms with Gasteiger partial charge in [0.05, 0.1) is 11.1 Å². The van der Waals surface area contributed by atoms with Crippen LogP contribution in [-0.2, 0) is 10.0 Å². The van der Waals surface area contributed by atoms with E-state index >= 15 is 0 Å². The number of hydrogen-bond donors (Lipinski definition) is 1. The largest absolute Gasteiger partial charge is 0.263 e. The minimum absolute atomic E-state index is 0.164. The number of aryl methyl sites for hydroxylation is 1. The van der Waals surface area contributed by atoms with E-state index in [-0.39, 0.29) is 10.7 Å². The lowest BCUT2D eigenvalue weighted by atomic mass is 10.2. The lowest BCUT2D eigenvalue weighted by Gasteiger charge is -2.09. The Morgan fingerprint density at radius 2 is 2.06 bits per heavy atom. The lowest BCUT2D eigenvalue weighted by molar-refractivity contribution is 0.600. The molecule has 2 aromatic rings. The molecule has 0 saturated carbocycles. The van der Waals surface area contributed by atoms with Crippen molar-refractivity contribution in [2.45, 2.75) is 11.8 Å². The number of rotatable bonds is 3. The molecule has 94 valence electrons. The smallest absolute Gasteiger partial charge is 0.262 e. The van der Waals surface area contributed by atoms with Crippen molar-refractivity contribution in [3.63, 3.8) is 0 Å². The molecule has 2 rings (SSSR count). The Bertz CT molecular complexity index is 659. The highest BCUT2D eigenvalue weighted by Crippen LogP contribution is 2.21. The highest BCUT2D eigenvalue weighted by Gasteiger charge is 2.17. The predicted molar refractivity (Wildman–Crippen MR) is 69.0 cm³/mol. The van der Waals surface area contributed by atoms with E-state index in [1.54, 1.807) is 13.0 Å². The van der Waals surface area contributed by atoms with Crippen LogP contribution in [0.2, 0.25) is 5.02 Å². The standard InChI is InChI=1S/C11H10ClN3O2S/c1-8-6-9(12)2-3-10(8)18(16,17)15-11-7-13-4-5-14-11/h2-7H,1H3,(H,14,15). The van der Waals surface area contributed by atoms with Crippen LogP contribution in [0.1, 0.15) is 5.56 Å². The van der Waals surface area contributed by atoms with Crippen molar-refractivity contribution in [1.29, 1.82) is 0 Å². The first-order valence-electron chi connectivity index (χ1n) is 5.04. The summed E-state index contributed by atoms with van der Waals surface area (Å²) in [4.78, 5) is 7.81. The summed E-state index contributed by atoms with van der Waals surface area (Å²) >= 11 is 5.79. The molecule has 0 fully saturated rings. The van der Waals surface area contributed by atoms with Gasteiger partial charge in [-0.05, 0) is 30.7 Å². The van der Waals surface area contributed by atoms with Crippen LogP contribution in [0.4, 0.5) is 5.82 Å². The molecule has 0 spiro atoms. The molecule has 0 aliphatic rings. The van der Waals surface area contributed by atoms with E-state index in [9.17, 15) is 8.42 Å². The van der Waals surface area contributed by atoms with Crippen molar-refractivity contribution >= 4 is 27.4 Å². The highest BCUT2D eigenvalue weighted by molar-refractivity contribution is 7.92. The topological polar surface area (TPSA) is 72.0 Å². The maximum Gasteiger partial charge on any atom is 0.263 e. The number of nitrogens with one attached hydrogen (secondary N) is 1. The second-order valence-electron chi connectivity index (χ2n) is 3.61. The Balaban J connectivity index is 2.37. The zero-order valence-electron chi connectivity index (χ0n) is 9.46. The van der Waals surface area contributed by atoms with E-state index in [0.717, 1.165) is 0 Å². The third-order valence-electron chi connectivity index (χ3n) is 2.23. The molecule has 0 atom stereocenters. The van der Waals surface area contributed by atoms with Gasteiger partial charge in [0.25, 0.3) is 10.0 Å². The van der Waals surface area contributed by atoms with Gasteiger partial charge >= 0.3 is 0 Å². The van der Waals surface area contributed by atoms with Crippen molar-refractivity contribution in [2.75, 3.05) is 4.72 Å². The zero-order valence-corrected chi connectivity index (χ0v) is 11.0. The fourth-order valence-electron chi connectivity index (χ4n) is 1.46. The van der Waals surface area contributed by atoms with E-state index in [1.165, 1.54) is 30.7 Å². The van der Waals surface area contributed by atoms with Gasteiger partial charge in [-0.3, -0.25) is 9.71 Å². The van der Waals surface area contributed by atoms with Crippen molar-refractivity contribution in [3.8, 4) is 0 Å². The first kappa shape index (κ1) is 12.8. The molecule has 0 aliphatic carbocycles. The number of anilines is 1. The molecule has 0 saturated heterocycles. The van der Waals surface area contributed by atoms with Gasteiger partial charge in [0.15, 0.2) is 5.82 Å². The molecule has 1 aromatic heterocycles. The van der Waals surface area contributed by atoms with E-state index in [1.807, 2.05) is 0 Å². The van der Waals surface area contributed by atoms with E-state index in [2.05, 4.69) is 14.7 Å². The van der Waals surface area contributed by atoms with Gasteiger partial charge in [0.2, 0.25) is 0 Å². The summed E-state index contributed by atoms with van der Waals surface area (Å²) in [7, 11) is -3.67. The maximum absolute atomic E-state index is 12.1. The highest BCUT2D eigenvalue weighted by atomic mass is 35.5. The number of aromatic nitrogens is 2. The SMILES string of the molecule is Cc1cc(Cl)ccc1S(=O)(=O)Nc1cnccn1. The monoisotopic (exact) mass is 283 g/mol. The third kappa shape index (κ3) is 2.77. The van der Waals surface area contributed by atoms with Crippen LogP contribution in [0.3, 0.4) is 0 Å². The minimum atomic E-state index is -3.67. The van der Waals surface area contributed by atoms with Gasteiger partial charge in [-0.2, -0.15) is 0 Å². The first-order chi connectivity index (χ1) is 8.49. The molecule has 1 heterocycles. The molecule has 18 heavy (non-hydrogen) atoms. The Hall–Kier alpha value is -1.66. The fourth-order valence-corrected chi connectivity index (χ4v) is 2.91. The Labute approximate surface area is 110 Å². The molecular formula is C11H10ClN3O2S. The Morgan fingerprint density at radius 1 is 1.28 bits per heavy atom.